The highest BCUT2D eigenvalue weighted by Crippen LogP contribution is 2.20. The number of anilines is 1. The number of methoxy groups -OCH3 is 1. The lowest BCUT2D eigenvalue weighted by Gasteiger charge is -2.05. The number of nitrogens with zero attached hydrogens (tertiary/aromatic N) is 1. The maximum atomic E-state index is 13.1. The first-order valence-corrected chi connectivity index (χ1v) is 4.10. The van der Waals surface area contributed by atoms with Gasteiger partial charge in [0.05, 0.1) is 7.11 Å². The molecule has 0 atom stereocenters. The van der Waals surface area contributed by atoms with E-state index in [1.165, 1.54) is 14.2 Å². The molecule has 1 aromatic heterocycles. The number of hydrogen-bond acceptors (Lipinski definition) is 4. The van der Waals surface area contributed by atoms with E-state index in [-0.39, 0.29) is 16.5 Å². The Labute approximate surface area is 85.0 Å². The summed E-state index contributed by atoms with van der Waals surface area (Å²) in [6.45, 7) is 0. The highest BCUT2D eigenvalue weighted by molar-refractivity contribution is 6.32. The van der Waals surface area contributed by atoms with Gasteiger partial charge in [-0.15, -0.1) is 0 Å². The van der Waals surface area contributed by atoms with Crippen molar-refractivity contribution in [3.05, 3.63) is 22.6 Å². The van der Waals surface area contributed by atoms with Gasteiger partial charge in [-0.05, 0) is 6.07 Å². The molecule has 0 saturated carbocycles. The van der Waals surface area contributed by atoms with Crippen molar-refractivity contribution in [1.29, 1.82) is 0 Å². The lowest BCUT2D eigenvalue weighted by Crippen LogP contribution is -2.06. The predicted molar refractivity (Wildman–Crippen MR) is 50.1 cm³/mol. The molecule has 0 spiro atoms. The van der Waals surface area contributed by atoms with Crippen LogP contribution in [-0.2, 0) is 4.74 Å². The summed E-state index contributed by atoms with van der Waals surface area (Å²) in [5, 5.41) is 2.40. The van der Waals surface area contributed by atoms with E-state index in [4.69, 9.17) is 11.6 Å². The maximum Gasteiger partial charge on any atom is 0.341 e. The van der Waals surface area contributed by atoms with Gasteiger partial charge < -0.3 is 10.1 Å². The molecular formula is C8H8ClFN2O2. The Morgan fingerprint density at radius 1 is 1.71 bits per heavy atom. The van der Waals surface area contributed by atoms with Gasteiger partial charge in [-0.3, -0.25) is 0 Å². The van der Waals surface area contributed by atoms with E-state index >= 15 is 0 Å². The van der Waals surface area contributed by atoms with Crippen LogP contribution < -0.4 is 5.32 Å². The number of nitrogens with one attached hydrogen (secondary N) is 1. The van der Waals surface area contributed by atoms with Crippen molar-refractivity contribution in [3.63, 3.8) is 0 Å². The molecule has 0 aliphatic rings. The number of aromatic nitrogens is 1. The van der Waals surface area contributed by atoms with Crippen molar-refractivity contribution in [2.45, 2.75) is 0 Å². The number of carbonyl (C=O) groups excluding carboxylic acids is 1. The van der Waals surface area contributed by atoms with Crippen LogP contribution in [0.5, 0.6) is 0 Å². The summed E-state index contributed by atoms with van der Waals surface area (Å²) in [6.07, 6.45) is 0. The summed E-state index contributed by atoms with van der Waals surface area (Å²) >= 11 is 5.64. The van der Waals surface area contributed by atoms with Crippen molar-refractivity contribution in [1.82, 2.24) is 4.98 Å². The van der Waals surface area contributed by atoms with Gasteiger partial charge >= 0.3 is 5.97 Å². The standard InChI is InChI=1S/C8H8ClFN2O2/c1-11-7-5(10)3-4(6(9)12-7)8(13)14-2/h3H,1-2H3,(H,11,12). The Hall–Kier alpha value is -1.36. The monoisotopic (exact) mass is 218 g/mol. The number of ether oxygens (including phenoxy) is 1. The van der Waals surface area contributed by atoms with Crippen LogP contribution in [0.2, 0.25) is 5.15 Å². The number of esters is 1. The second-order valence-electron chi connectivity index (χ2n) is 2.40. The first-order valence-electron chi connectivity index (χ1n) is 3.72. The lowest BCUT2D eigenvalue weighted by atomic mass is 10.3. The molecule has 1 N–H and O–H groups in total. The van der Waals surface area contributed by atoms with Gasteiger partial charge in [0.15, 0.2) is 11.6 Å². The van der Waals surface area contributed by atoms with Gasteiger partial charge in [0.25, 0.3) is 0 Å². The molecule has 0 aromatic carbocycles. The molecule has 0 unspecified atom stereocenters. The topological polar surface area (TPSA) is 51.2 Å². The van der Waals surface area contributed by atoms with E-state index in [0.717, 1.165) is 6.07 Å². The Bertz CT molecular complexity index is 371. The summed E-state index contributed by atoms with van der Waals surface area (Å²) in [5.41, 5.74) is -0.0920. The van der Waals surface area contributed by atoms with Crippen molar-refractivity contribution in [2.24, 2.45) is 0 Å². The van der Waals surface area contributed by atoms with Crippen LogP contribution in [0.15, 0.2) is 6.07 Å². The van der Waals surface area contributed by atoms with E-state index in [2.05, 4.69) is 15.0 Å². The molecule has 6 heteroatoms. The molecule has 0 saturated heterocycles. The van der Waals surface area contributed by atoms with Gasteiger partial charge in [0.2, 0.25) is 0 Å². The molecular weight excluding hydrogens is 211 g/mol. The van der Waals surface area contributed by atoms with E-state index in [1.807, 2.05) is 0 Å². The third-order valence-electron chi connectivity index (χ3n) is 1.57. The minimum atomic E-state index is -0.718. The highest BCUT2D eigenvalue weighted by Gasteiger charge is 2.15. The highest BCUT2D eigenvalue weighted by atomic mass is 35.5. The second-order valence-corrected chi connectivity index (χ2v) is 2.76. The number of rotatable bonds is 2. The first-order chi connectivity index (χ1) is 6.60. The number of halogens is 2. The van der Waals surface area contributed by atoms with E-state index in [0.29, 0.717) is 0 Å². The molecule has 0 radical (unpaired) electrons. The Balaban J connectivity index is 3.21. The van der Waals surface area contributed by atoms with Crippen LogP contribution >= 0.6 is 11.6 Å². The molecule has 0 aliphatic heterocycles. The number of pyridine rings is 1. The second kappa shape index (κ2) is 4.23. The molecule has 1 heterocycles. The zero-order valence-corrected chi connectivity index (χ0v) is 8.35. The predicted octanol–water partition coefficient (Wildman–Crippen LogP) is 1.70. The zero-order valence-electron chi connectivity index (χ0n) is 7.60. The fourth-order valence-corrected chi connectivity index (χ4v) is 1.11. The number of hydrogen-bond donors (Lipinski definition) is 1. The molecule has 1 rings (SSSR count). The molecule has 4 nitrogen and oxygen atoms in total. The van der Waals surface area contributed by atoms with Crippen molar-refractivity contribution in [3.8, 4) is 0 Å². The van der Waals surface area contributed by atoms with Gasteiger partial charge in [0, 0.05) is 7.05 Å². The van der Waals surface area contributed by atoms with Crippen LogP contribution in [0, 0.1) is 5.82 Å². The molecule has 0 fully saturated rings. The minimum absolute atomic E-state index is 0.0114. The van der Waals surface area contributed by atoms with Crippen molar-refractivity contribution < 1.29 is 13.9 Å². The molecule has 0 bridgehead atoms. The van der Waals surface area contributed by atoms with E-state index in [9.17, 15) is 9.18 Å². The smallest absolute Gasteiger partial charge is 0.341 e. The van der Waals surface area contributed by atoms with Gasteiger partial charge in [0.1, 0.15) is 10.7 Å². The van der Waals surface area contributed by atoms with E-state index < -0.39 is 11.8 Å². The van der Waals surface area contributed by atoms with E-state index in [1.54, 1.807) is 0 Å². The van der Waals surface area contributed by atoms with Crippen LogP contribution in [0.4, 0.5) is 10.2 Å². The summed E-state index contributed by atoms with van der Waals surface area (Å²) in [4.78, 5) is 14.7. The molecule has 1 aromatic rings. The average molecular weight is 219 g/mol. The Morgan fingerprint density at radius 3 is 2.86 bits per heavy atom. The van der Waals surface area contributed by atoms with Crippen LogP contribution in [0.3, 0.4) is 0 Å². The zero-order chi connectivity index (χ0) is 10.7. The molecule has 0 amide bonds. The largest absolute Gasteiger partial charge is 0.465 e. The Kier molecular flexibility index (Phi) is 3.24. The summed E-state index contributed by atoms with van der Waals surface area (Å²) in [5.74, 6) is -1.39. The molecule has 76 valence electrons. The van der Waals surface area contributed by atoms with Gasteiger partial charge in [-0.1, -0.05) is 11.6 Å². The number of carbonyl (C=O) groups is 1. The third kappa shape index (κ3) is 1.93. The lowest BCUT2D eigenvalue weighted by molar-refractivity contribution is 0.0600. The maximum absolute atomic E-state index is 13.1. The summed E-state index contributed by atoms with van der Waals surface area (Å²) < 4.78 is 17.5. The minimum Gasteiger partial charge on any atom is -0.465 e. The quantitative estimate of drug-likeness (QED) is 0.607. The van der Waals surface area contributed by atoms with Crippen molar-refractivity contribution in [2.75, 3.05) is 19.5 Å². The Morgan fingerprint density at radius 2 is 2.36 bits per heavy atom. The molecule has 14 heavy (non-hydrogen) atoms. The fraction of sp³-hybridized carbons (Fsp3) is 0.250. The third-order valence-corrected chi connectivity index (χ3v) is 1.86. The SMILES string of the molecule is CNc1nc(Cl)c(C(=O)OC)cc1F. The molecule has 0 aliphatic carbocycles. The van der Waals surface area contributed by atoms with Crippen molar-refractivity contribution >= 4 is 23.4 Å². The summed E-state index contributed by atoms with van der Waals surface area (Å²) in [7, 11) is 2.68. The first kappa shape index (κ1) is 10.7. The van der Waals surface area contributed by atoms with Crippen LogP contribution in [-0.4, -0.2) is 25.1 Å². The van der Waals surface area contributed by atoms with Gasteiger partial charge in [-0.2, -0.15) is 0 Å². The van der Waals surface area contributed by atoms with Crippen LogP contribution in [0.1, 0.15) is 10.4 Å². The van der Waals surface area contributed by atoms with Crippen LogP contribution in [0.25, 0.3) is 0 Å². The summed E-state index contributed by atoms with van der Waals surface area (Å²) in [6, 6.07) is 0.979. The fourth-order valence-electron chi connectivity index (χ4n) is 0.895. The average Bonchev–Trinajstić information content (AvgIpc) is 2.19. The van der Waals surface area contributed by atoms with Gasteiger partial charge in [-0.25, -0.2) is 14.2 Å². The normalized spacial score (nSPS) is 9.71.